The van der Waals surface area contributed by atoms with Gasteiger partial charge < -0.3 is 4.74 Å². The molecule has 1 aromatic heterocycles. The third-order valence-corrected chi connectivity index (χ3v) is 8.88. The minimum atomic E-state index is -3.85. The van der Waals surface area contributed by atoms with Crippen molar-refractivity contribution in [3.05, 3.63) is 77.2 Å². The van der Waals surface area contributed by atoms with E-state index >= 15 is 0 Å². The number of hydrazone groups is 1. The molecule has 0 fully saturated rings. The predicted molar refractivity (Wildman–Crippen MR) is 135 cm³/mol. The van der Waals surface area contributed by atoms with Gasteiger partial charge in [0.2, 0.25) is 10.0 Å². The number of rotatable bonds is 11. The van der Waals surface area contributed by atoms with Gasteiger partial charge in [-0.2, -0.15) is 5.10 Å². The first kappa shape index (κ1) is 26.5. The van der Waals surface area contributed by atoms with Crippen molar-refractivity contribution >= 4 is 48.7 Å². The molecular weight excluding hydrogens is 512 g/mol. The normalized spacial score (nSPS) is 12.3. The molecule has 3 N–H and O–H groups in total. The Morgan fingerprint density at radius 1 is 1.00 bits per heavy atom. The number of nitrogens with zero attached hydrogens (tertiary/aromatic N) is 1. The van der Waals surface area contributed by atoms with Gasteiger partial charge in [0, 0.05) is 13.7 Å². The summed E-state index contributed by atoms with van der Waals surface area (Å²) in [5.41, 5.74) is 3.39. The molecule has 3 aromatic rings. The van der Waals surface area contributed by atoms with E-state index in [9.17, 15) is 21.6 Å². The van der Waals surface area contributed by atoms with Crippen LogP contribution < -0.4 is 14.9 Å². The van der Waals surface area contributed by atoms with E-state index in [-0.39, 0.29) is 33.5 Å². The standard InChI is InChI=1S/C22H24N4O6S3/c1-16(17-7-5-8-18(15-17)34(28,29)23-12-13-32-2)24-25-22(27)19-9-3-4-10-20(19)26-35(30,31)21-11-6-14-33-21/h3-11,14-15,23,26H,12-13H2,1-2H3,(H,25,27)/b24-16+. The van der Waals surface area contributed by atoms with Crippen LogP contribution in [0.15, 0.2) is 80.2 Å². The Hall–Kier alpha value is -3.10. The number of anilines is 1. The Balaban J connectivity index is 1.76. The van der Waals surface area contributed by atoms with Crippen LogP contribution in [0.1, 0.15) is 22.8 Å². The van der Waals surface area contributed by atoms with Gasteiger partial charge in [-0.1, -0.05) is 30.3 Å². The number of hydrogen-bond donors (Lipinski definition) is 3. The molecule has 0 radical (unpaired) electrons. The second kappa shape index (κ2) is 11.6. The molecule has 186 valence electrons. The largest absolute Gasteiger partial charge is 0.383 e. The van der Waals surface area contributed by atoms with E-state index in [0.717, 1.165) is 11.3 Å². The Morgan fingerprint density at radius 3 is 2.49 bits per heavy atom. The summed E-state index contributed by atoms with van der Waals surface area (Å²) in [6.07, 6.45) is 0. The predicted octanol–water partition coefficient (Wildman–Crippen LogP) is 2.63. The zero-order valence-corrected chi connectivity index (χ0v) is 21.3. The molecule has 0 saturated heterocycles. The zero-order valence-electron chi connectivity index (χ0n) is 18.9. The SMILES string of the molecule is COCCNS(=O)(=O)c1cccc(/C(C)=N/NC(=O)c2ccccc2NS(=O)(=O)c2cccs2)c1. The molecule has 1 heterocycles. The third-order valence-electron chi connectivity index (χ3n) is 4.66. The summed E-state index contributed by atoms with van der Waals surface area (Å²) in [4.78, 5) is 12.8. The number of carbonyl (C=O) groups excluding carboxylic acids is 1. The van der Waals surface area contributed by atoms with Crippen LogP contribution in [-0.4, -0.2) is 48.7 Å². The highest BCUT2D eigenvalue weighted by molar-refractivity contribution is 7.94. The number of hydrogen-bond acceptors (Lipinski definition) is 8. The first-order valence-corrected chi connectivity index (χ1v) is 14.1. The quantitative estimate of drug-likeness (QED) is 0.195. The molecule has 0 aliphatic carbocycles. The Kier molecular flexibility index (Phi) is 8.75. The number of methoxy groups -OCH3 is 1. The van der Waals surface area contributed by atoms with Crippen molar-refractivity contribution in [1.82, 2.24) is 10.1 Å². The summed E-state index contributed by atoms with van der Waals surface area (Å²) in [7, 11) is -6.11. The van der Waals surface area contributed by atoms with Crippen molar-refractivity contribution in [3.8, 4) is 0 Å². The smallest absolute Gasteiger partial charge is 0.273 e. The van der Waals surface area contributed by atoms with Crippen LogP contribution in [0.3, 0.4) is 0 Å². The Bertz CT molecular complexity index is 1420. The number of nitrogens with one attached hydrogen (secondary N) is 3. The molecule has 3 rings (SSSR count). The molecule has 0 atom stereocenters. The first-order chi connectivity index (χ1) is 16.6. The van der Waals surface area contributed by atoms with Gasteiger partial charge in [0.1, 0.15) is 4.21 Å². The van der Waals surface area contributed by atoms with Crippen molar-refractivity contribution in [2.45, 2.75) is 16.0 Å². The lowest BCUT2D eigenvalue weighted by Crippen LogP contribution is -2.27. The molecule has 0 spiro atoms. The lowest BCUT2D eigenvalue weighted by molar-refractivity contribution is 0.0955. The fourth-order valence-electron chi connectivity index (χ4n) is 2.89. The van der Waals surface area contributed by atoms with Crippen molar-refractivity contribution in [1.29, 1.82) is 0 Å². The van der Waals surface area contributed by atoms with Crippen LogP contribution in [0.5, 0.6) is 0 Å². The van der Waals surface area contributed by atoms with Gasteiger partial charge in [0.15, 0.2) is 0 Å². The maximum absolute atomic E-state index is 12.8. The van der Waals surface area contributed by atoms with Gasteiger partial charge in [-0.05, 0) is 48.2 Å². The summed E-state index contributed by atoms with van der Waals surface area (Å²) in [6, 6.07) is 15.3. The van der Waals surface area contributed by atoms with Gasteiger partial charge >= 0.3 is 0 Å². The fourth-order valence-corrected chi connectivity index (χ4v) is 6.02. The van der Waals surface area contributed by atoms with E-state index in [0.29, 0.717) is 11.3 Å². The van der Waals surface area contributed by atoms with Crippen molar-refractivity contribution in [2.75, 3.05) is 25.0 Å². The lowest BCUT2D eigenvalue weighted by Gasteiger charge is -2.11. The van der Waals surface area contributed by atoms with E-state index in [1.54, 1.807) is 42.6 Å². The molecule has 0 saturated carbocycles. The lowest BCUT2D eigenvalue weighted by atomic mass is 10.1. The topological polar surface area (TPSA) is 143 Å². The van der Waals surface area contributed by atoms with E-state index < -0.39 is 26.0 Å². The molecule has 0 aliphatic rings. The summed E-state index contributed by atoms with van der Waals surface area (Å²) in [5.74, 6) is -0.640. The first-order valence-electron chi connectivity index (χ1n) is 10.2. The maximum Gasteiger partial charge on any atom is 0.273 e. The fraction of sp³-hybridized carbons (Fsp3) is 0.182. The van der Waals surface area contributed by atoms with Crippen LogP contribution in [-0.2, 0) is 24.8 Å². The van der Waals surface area contributed by atoms with Crippen molar-refractivity contribution in [3.63, 3.8) is 0 Å². The van der Waals surface area contributed by atoms with E-state index in [4.69, 9.17) is 4.74 Å². The average Bonchev–Trinajstić information content (AvgIpc) is 3.39. The molecule has 10 nitrogen and oxygen atoms in total. The van der Waals surface area contributed by atoms with Gasteiger partial charge in [0.25, 0.3) is 15.9 Å². The van der Waals surface area contributed by atoms with Gasteiger partial charge in [0.05, 0.1) is 28.5 Å². The van der Waals surface area contributed by atoms with E-state index in [1.165, 1.54) is 37.4 Å². The highest BCUT2D eigenvalue weighted by atomic mass is 32.2. The second-order valence-corrected chi connectivity index (χ2v) is 11.8. The number of para-hydroxylation sites is 1. The van der Waals surface area contributed by atoms with Crippen molar-refractivity contribution in [2.24, 2.45) is 5.10 Å². The minimum Gasteiger partial charge on any atom is -0.383 e. The highest BCUT2D eigenvalue weighted by Gasteiger charge is 2.19. The van der Waals surface area contributed by atoms with Gasteiger partial charge in [-0.3, -0.25) is 9.52 Å². The van der Waals surface area contributed by atoms with Crippen LogP contribution in [0.25, 0.3) is 0 Å². The van der Waals surface area contributed by atoms with Gasteiger partial charge in [-0.15, -0.1) is 11.3 Å². The van der Waals surface area contributed by atoms with E-state index in [1.807, 2.05) is 0 Å². The number of benzene rings is 2. The zero-order chi connectivity index (χ0) is 25.5. The number of ether oxygens (including phenoxy) is 1. The van der Waals surface area contributed by atoms with Crippen LogP contribution in [0, 0.1) is 0 Å². The number of sulfonamides is 2. The minimum absolute atomic E-state index is 0.0420. The van der Waals surface area contributed by atoms with Crippen LogP contribution >= 0.6 is 11.3 Å². The summed E-state index contributed by atoms with van der Waals surface area (Å²) < 4.78 is 59.8. The molecular formula is C22H24N4O6S3. The monoisotopic (exact) mass is 536 g/mol. The molecule has 0 unspecified atom stereocenters. The summed E-state index contributed by atoms with van der Waals surface area (Å²) >= 11 is 1.06. The summed E-state index contributed by atoms with van der Waals surface area (Å²) in [5, 5.41) is 5.70. The summed E-state index contributed by atoms with van der Waals surface area (Å²) in [6.45, 7) is 1.97. The average molecular weight is 537 g/mol. The van der Waals surface area contributed by atoms with E-state index in [2.05, 4.69) is 20.0 Å². The molecule has 13 heteroatoms. The number of carbonyl (C=O) groups is 1. The van der Waals surface area contributed by atoms with Crippen molar-refractivity contribution < 1.29 is 26.4 Å². The molecule has 0 aliphatic heterocycles. The number of amides is 1. The Labute approximate surface area is 208 Å². The molecule has 1 amide bonds. The third kappa shape index (κ3) is 6.96. The van der Waals surface area contributed by atoms with Gasteiger partial charge in [-0.25, -0.2) is 27.0 Å². The van der Waals surface area contributed by atoms with Crippen LogP contribution in [0.4, 0.5) is 5.69 Å². The van der Waals surface area contributed by atoms with Crippen LogP contribution in [0.2, 0.25) is 0 Å². The molecule has 2 aromatic carbocycles. The highest BCUT2D eigenvalue weighted by Crippen LogP contribution is 2.23. The second-order valence-electron chi connectivity index (χ2n) is 7.14. The Morgan fingerprint density at radius 2 is 1.77 bits per heavy atom. The maximum atomic E-state index is 12.8. The number of thiophene rings is 1. The molecule has 35 heavy (non-hydrogen) atoms. The molecule has 0 bridgehead atoms.